The van der Waals surface area contributed by atoms with Crippen molar-refractivity contribution in [2.75, 3.05) is 24.1 Å². The van der Waals surface area contributed by atoms with E-state index in [1.54, 1.807) is 12.4 Å². The SMILES string of the molecule is Nc1cncc(NC2CCN3CCCC3C2)n1. The molecule has 0 saturated carbocycles. The van der Waals surface area contributed by atoms with Crippen molar-refractivity contribution in [2.24, 2.45) is 0 Å². The Kier molecular flexibility index (Phi) is 2.84. The molecular weight excluding hydrogens is 214 g/mol. The van der Waals surface area contributed by atoms with E-state index in [2.05, 4.69) is 20.2 Å². The summed E-state index contributed by atoms with van der Waals surface area (Å²) in [6.07, 6.45) is 8.43. The number of nitrogens with zero attached hydrogens (tertiary/aromatic N) is 3. The molecule has 5 nitrogen and oxygen atoms in total. The van der Waals surface area contributed by atoms with Crippen molar-refractivity contribution in [1.82, 2.24) is 14.9 Å². The molecule has 1 aromatic heterocycles. The highest BCUT2D eigenvalue weighted by Crippen LogP contribution is 2.28. The van der Waals surface area contributed by atoms with E-state index < -0.39 is 0 Å². The molecule has 0 bridgehead atoms. The lowest BCUT2D eigenvalue weighted by molar-refractivity contribution is 0.188. The standard InChI is InChI=1S/C12H19N5/c13-11-7-14-8-12(16-11)15-9-3-5-17-4-1-2-10(17)6-9/h7-10H,1-6H2,(H3,13,15,16). The van der Waals surface area contributed by atoms with Crippen LogP contribution in [0.1, 0.15) is 25.7 Å². The summed E-state index contributed by atoms with van der Waals surface area (Å²) in [5.41, 5.74) is 5.63. The van der Waals surface area contributed by atoms with Crippen LogP contribution < -0.4 is 11.1 Å². The number of anilines is 2. The third-order valence-corrected chi connectivity index (χ3v) is 3.83. The first kappa shape index (κ1) is 10.8. The molecule has 0 spiro atoms. The molecule has 2 aliphatic heterocycles. The molecule has 3 heterocycles. The Labute approximate surface area is 101 Å². The third-order valence-electron chi connectivity index (χ3n) is 3.83. The van der Waals surface area contributed by atoms with Crippen molar-refractivity contribution in [3.05, 3.63) is 12.4 Å². The average Bonchev–Trinajstić information content (AvgIpc) is 2.76. The second-order valence-electron chi connectivity index (χ2n) is 5.03. The Bertz CT molecular complexity index is 394. The van der Waals surface area contributed by atoms with Crippen LogP contribution in [-0.2, 0) is 0 Å². The first-order valence-corrected chi connectivity index (χ1v) is 6.39. The number of rotatable bonds is 2. The van der Waals surface area contributed by atoms with Crippen LogP contribution in [0.25, 0.3) is 0 Å². The minimum absolute atomic E-state index is 0.480. The van der Waals surface area contributed by atoms with Gasteiger partial charge in [-0.1, -0.05) is 0 Å². The first-order valence-electron chi connectivity index (χ1n) is 6.39. The van der Waals surface area contributed by atoms with Crippen molar-refractivity contribution in [3.63, 3.8) is 0 Å². The molecule has 92 valence electrons. The summed E-state index contributed by atoms with van der Waals surface area (Å²) in [7, 11) is 0. The van der Waals surface area contributed by atoms with E-state index in [1.165, 1.54) is 38.8 Å². The van der Waals surface area contributed by atoms with Gasteiger partial charge in [-0.05, 0) is 32.2 Å². The van der Waals surface area contributed by atoms with Crippen LogP contribution in [0.4, 0.5) is 11.6 Å². The molecule has 3 N–H and O–H groups in total. The van der Waals surface area contributed by atoms with Gasteiger partial charge in [-0.2, -0.15) is 0 Å². The highest BCUT2D eigenvalue weighted by atomic mass is 15.2. The highest BCUT2D eigenvalue weighted by Gasteiger charge is 2.31. The fourth-order valence-electron chi connectivity index (χ4n) is 3.02. The van der Waals surface area contributed by atoms with Gasteiger partial charge < -0.3 is 16.0 Å². The predicted octanol–water partition coefficient (Wildman–Crippen LogP) is 1.10. The fourth-order valence-corrected chi connectivity index (χ4v) is 3.02. The second kappa shape index (κ2) is 4.49. The van der Waals surface area contributed by atoms with Crippen molar-refractivity contribution >= 4 is 11.6 Å². The van der Waals surface area contributed by atoms with Gasteiger partial charge in [0.2, 0.25) is 0 Å². The molecule has 5 heteroatoms. The van der Waals surface area contributed by atoms with Gasteiger partial charge in [0.25, 0.3) is 0 Å². The third kappa shape index (κ3) is 2.34. The molecular formula is C12H19N5. The van der Waals surface area contributed by atoms with Crippen LogP contribution in [0.2, 0.25) is 0 Å². The number of aromatic nitrogens is 2. The van der Waals surface area contributed by atoms with E-state index >= 15 is 0 Å². The maximum Gasteiger partial charge on any atom is 0.147 e. The Morgan fingerprint density at radius 2 is 2.24 bits per heavy atom. The van der Waals surface area contributed by atoms with Crippen molar-refractivity contribution in [3.8, 4) is 0 Å². The van der Waals surface area contributed by atoms with E-state index in [4.69, 9.17) is 5.73 Å². The van der Waals surface area contributed by atoms with Gasteiger partial charge in [0, 0.05) is 18.6 Å². The Morgan fingerprint density at radius 3 is 3.12 bits per heavy atom. The van der Waals surface area contributed by atoms with Gasteiger partial charge in [-0.25, -0.2) is 4.98 Å². The maximum absolute atomic E-state index is 5.63. The predicted molar refractivity (Wildman–Crippen MR) is 67.7 cm³/mol. The van der Waals surface area contributed by atoms with Crippen LogP contribution in [0, 0.1) is 0 Å². The minimum Gasteiger partial charge on any atom is -0.382 e. The molecule has 1 aromatic rings. The minimum atomic E-state index is 0.480. The number of hydrogen-bond donors (Lipinski definition) is 2. The van der Waals surface area contributed by atoms with Crippen LogP contribution in [0.5, 0.6) is 0 Å². The van der Waals surface area contributed by atoms with Crippen LogP contribution in [0.15, 0.2) is 12.4 Å². The van der Waals surface area contributed by atoms with Crippen molar-refractivity contribution < 1.29 is 0 Å². The molecule has 2 aliphatic rings. The summed E-state index contributed by atoms with van der Waals surface area (Å²) in [6, 6.07) is 1.29. The van der Waals surface area contributed by atoms with Crippen molar-refractivity contribution in [1.29, 1.82) is 0 Å². The zero-order chi connectivity index (χ0) is 11.7. The molecule has 3 rings (SSSR count). The average molecular weight is 233 g/mol. The molecule has 2 fully saturated rings. The Hall–Kier alpha value is -1.36. The number of nitrogen functional groups attached to an aromatic ring is 1. The van der Waals surface area contributed by atoms with E-state index in [0.717, 1.165) is 11.9 Å². The lowest BCUT2D eigenvalue weighted by atomic mass is 9.98. The van der Waals surface area contributed by atoms with Gasteiger partial charge in [-0.3, -0.25) is 4.98 Å². The monoisotopic (exact) mass is 233 g/mol. The second-order valence-corrected chi connectivity index (χ2v) is 5.03. The Balaban J connectivity index is 1.62. The Morgan fingerprint density at radius 1 is 1.29 bits per heavy atom. The molecule has 0 aliphatic carbocycles. The summed E-state index contributed by atoms with van der Waals surface area (Å²) in [5, 5.41) is 3.45. The maximum atomic E-state index is 5.63. The summed E-state index contributed by atoms with van der Waals surface area (Å²) < 4.78 is 0. The lowest BCUT2D eigenvalue weighted by Gasteiger charge is -2.35. The number of hydrogen-bond acceptors (Lipinski definition) is 5. The van der Waals surface area contributed by atoms with Gasteiger partial charge >= 0.3 is 0 Å². The molecule has 0 radical (unpaired) electrons. The summed E-state index contributed by atoms with van der Waals surface area (Å²) in [4.78, 5) is 10.9. The van der Waals surface area contributed by atoms with Gasteiger partial charge in [-0.15, -0.1) is 0 Å². The first-order chi connectivity index (χ1) is 8.31. The van der Waals surface area contributed by atoms with Gasteiger partial charge in [0.1, 0.15) is 11.6 Å². The van der Waals surface area contributed by atoms with E-state index in [9.17, 15) is 0 Å². The van der Waals surface area contributed by atoms with Crippen molar-refractivity contribution in [2.45, 2.75) is 37.8 Å². The molecule has 17 heavy (non-hydrogen) atoms. The quantitative estimate of drug-likeness (QED) is 0.800. The van der Waals surface area contributed by atoms with E-state index in [-0.39, 0.29) is 0 Å². The van der Waals surface area contributed by atoms with Gasteiger partial charge in [0.15, 0.2) is 0 Å². The van der Waals surface area contributed by atoms with E-state index in [1.807, 2.05) is 0 Å². The zero-order valence-electron chi connectivity index (χ0n) is 9.97. The molecule has 2 unspecified atom stereocenters. The molecule has 2 atom stereocenters. The van der Waals surface area contributed by atoms with Gasteiger partial charge in [0.05, 0.1) is 12.4 Å². The fraction of sp³-hybridized carbons (Fsp3) is 0.667. The lowest BCUT2D eigenvalue weighted by Crippen LogP contribution is -2.42. The summed E-state index contributed by atoms with van der Waals surface area (Å²) >= 11 is 0. The van der Waals surface area contributed by atoms with E-state index in [0.29, 0.717) is 11.9 Å². The molecule has 0 aromatic carbocycles. The number of nitrogens with one attached hydrogen (secondary N) is 1. The number of piperidine rings is 1. The summed E-state index contributed by atoms with van der Waals surface area (Å²) in [5.74, 6) is 1.29. The molecule has 2 saturated heterocycles. The zero-order valence-corrected chi connectivity index (χ0v) is 9.97. The topological polar surface area (TPSA) is 67.1 Å². The largest absolute Gasteiger partial charge is 0.382 e. The van der Waals surface area contributed by atoms with Crippen LogP contribution in [0.3, 0.4) is 0 Å². The van der Waals surface area contributed by atoms with Crippen LogP contribution >= 0.6 is 0 Å². The van der Waals surface area contributed by atoms with Crippen LogP contribution in [-0.4, -0.2) is 40.0 Å². The summed E-state index contributed by atoms with van der Waals surface area (Å²) in [6.45, 7) is 2.49. The number of fused-ring (bicyclic) bond motifs is 1. The smallest absolute Gasteiger partial charge is 0.147 e. The number of nitrogens with two attached hydrogens (primary N) is 1. The molecule has 0 amide bonds. The highest BCUT2D eigenvalue weighted by molar-refractivity contribution is 5.39. The normalized spacial score (nSPS) is 28.9.